The van der Waals surface area contributed by atoms with Gasteiger partial charge in [-0.3, -0.25) is 10.00 Å². The molecule has 0 spiro atoms. The summed E-state index contributed by atoms with van der Waals surface area (Å²) in [6, 6.07) is 6.30. The van der Waals surface area contributed by atoms with E-state index in [1.165, 1.54) is 12.0 Å². The van der Waals surface area contributed by atoms with E-state index < -0.39 is 0 Å². The average molecular weight is 412 g/mol. The second-order valence-corrected chi connectivity index (χ2v) is 7.68. The zero-order chi connectivity index (χ0) is 20.9. The molecule has 3 aromatic rings. The molecule has 4 rings (SSSR count). The highest BCUT2D eigenvalue weighted by Crippen LogP contribution is 2.26. The van der Waals surface area contributed by atoms with Crippen molar-refractivity contribution in [2.24, 2.45) is 0 Å². The minimum Gasteiger partial charge on any atom is -0.383 e. The summed E-state index contributed by atoms with van der Waals surface area (Å²) in [5.41, 5.74) is 4.28. The van der Waals surface area contributed by atoms with Crippen LogP contribution in [-0.4, -0.2) is 63.9 Å². The average Bonchev–Trinajstić information content (AvgIpc) is 3.34. The third-order valence-electron chi connectivity index (χ3n) is 5.58. The molecule has 9 heteroatoms. The van der Waals surface area contributed by atoms with Gasteiger partial charge in [0.25, 0.3) is 0 Å². The summed E-state index contributed by atoms with van der Waals surface area (Å²) in [7, 11) is 1.72. The standard InChI is InChI=1S/C21H29N7O2/c1-3-28(9-10-30-2)13-14-7-8-16-17(11-14)25-20(24-16)19-18(12-22-27-19)26-21(29)23-15-5-4-6-15/h7-8,11-12,15H,3-6,9-10,13H2,1-2H3,(H,22,27)(H,24,25)(H2,23,26,29). The third-order valence-corrected chi connectivity index (χ3v) is 5.58. The number of anilines is 1. The van der Waals surface area contributed by atoms with E-state index in [2.05, 4.69) is 54.8 Å². The van der Waals surface area contributed by atoms with Gasteiger partial charge in [0.2, 0.25) is 0 Å². The van der Waals surface area contributed by atoms with Gasteiger partial charge in [-0.1, -0.05) is 13.0 Å². The minimum absolute atomic E-state index is 0.212. The van der Waals surface area contributed by atoms with Crippen molar-refractivity contribution >= 4 is 22.8 Å². The number of fused-ring (bicyclic) bond motifs is 1. The van der Waals surface area contributed by atoms with Gasteiger partial charge in [0.1, 0.15) is 5.69 Å². The lowest BCUT2D eigenvalue weighted by atomic mass is 9.93. The molecule has 9 nitrogen and oxygen atoms in total. The second-order valence-electron chi connectivity index (χ2n) is 7.68. The van der Waals surface area contributed by atoms with Crippen LogP contribution in [-0.2, 0) is 11.3 Å². The number of aromatic nitrogens is 4. The molecule has 2 aromatic heterocycles. The second kappa shape index (κ2) is 9.27. The van der Waals surface area contributed by atoms with Crippen molar-refractivity contribution in [1.82, 2.24) is 30.4 Å². The Bertz CT molecular complexity index is 992. The number of methoxy groups -OCH3 is 1. The number of likely N-dealkylation sites (N-methyl/N-ethyl adjacent to an activating group) is 1. The van der Waals surface area contributed by atoms with E-state index in [1.54, 1.807) is 13.3 Å². The van der Waals surface area contributed by atoms with Crippen molar-refractivity contribution in [3.05, 3.63) is 30.0 Å². The molecule has 0 saturated heterocycles. The first-order valence-corrected chi connectivity index (χ1v) is 10.5. The lowest BCUT2D eigenvalue weighted by Crippen LogP contribution is -2.41. The van der Waals surface area contributed by atoms with Crippen LogP contribution in [0.2, 0.25) is 0 Å². The van der Waals surface area contributed by atoms with Gasteiger partial charge in [-0.05, 0) is 43.5 Å². The van der Waals surface area contributed by atoms with Crippen molar-refractivity contribution in [3.63, 3.8) is 0 Å². The Balaban J connectivity index is 1.48. The van der Waals surface area contributed by atoms with Gasteiger partial charge in [0, 0.05) is 26.2 Å². The van der Waals surface area contributed by atoms with E-state index in [0.717, 1.165) is 43.5 Å². The Morgan fingerprint density at radius 3 is 2.97 bits per heavy atom. The molecule has 0 bridgehead atoms. The minimum atomic E-state index is -0.212. The number of hydrogen-bond acceptors (Lipinski definition) is 5. The molecular formula is C21H29N7O2. The van der Waals surface area contributed by atoms with Gasteiger partial charge in [-0.2, -0.15) is 5.10 Å². The highest BCUT2D eigenvalue weighted by atomic mass is 16.5. The SMILES string of the molecule is CCN(CCOC)Cc1ccc2nc(-c3[nH]ncc3NC(=O)NC3CCC3)[nH]c2c1. The molecule has 0 radical (unpaired) electrons. The van der Waals surface area contributed by atoms with Crippen molar-refractivity contribution < 1.29 is 9.53 Å². The number of rotatable bonds is 9. The van der Waals surface area contributed by atoms with Crippen LogP contribution < -0.4 is 10.6 Å². The number of amides is 2. The topological polar surface area (TPSA) is 111 Å². The molecule has 2 amide bonds. The summed E-state index contributed by atoms with van der Waals surface area (Å²) in [6.45, 7) is 5.57. The molecule has 1 aliphatic carbocycles. The molecular weight excluding hydrogens is 382 g/mol. The number of nitrogens with zero attached hydrogens (tertiary/aromatic N) is 3. The summed E-state index contributed by atoms with van der Waals surface area (Å²) < 4.78 is 5.19. The summed E-state index contributed by atoms with van der Waals surface area (Å²) in [5, 5.41) is 12.9. The maximum absolute atomic E-state index is 12.2. The summed E-state index contributed by atoms with van der Waals surface area (Å²) in [4.78, 5) is 22.6. The van der Waals surface area contributed by atoms with Gasteiger partial charge >= 0.3 is 6.03 Å². The number of nitrogens with one attached hydrogen (secondary N) is 4. The van der Waals surface area contributed by atoms with Crippen molar-refractivity contribution in [2.75, 3.05) is 32.1 Å². The smallest absolute Gasteiger partial charge is 0.319 e. The number of H-pyrrole nitrogens is 2. The zero-order valence-corrected chi connectivity index (χ0v) is 17.5. The summed E-state index contributed by atoms with van der Waals surface area (Å²) >= 11 is 0. The van der Waals surface area contributed by atoms with Gasteiger partial charge in [-0.25, -0.2) is 9.78 Å². The van der Waals surface area contributed by atoms with Crippen LogP contribution in [0.25, 0.3) is 22.6 Å². The van der Waals surface area contributed by atoms with Crippen molar-refractivity contribution in [3.8, 4) is 11.5 Å². The Morgan fingerprint density at radius 1 is 1.37 bits per heavy atom. The van der Waals surface area contributed by atoms with E-state index in [4.69, 9.17) is 4.74 Å². The van der Waals surface area contributed by atoms with Crippen LogP contribution in [0.5, 0.6) is 0 Å². The Morgan fingerprint density at radius 2 is 2.23 bits per heavy atom. The first kappa shape index (κ1) is 20.4. The predicted octanol–water partition coefficient (Wildman–Crippen LogP) is 3.10. The molecule has 1 saturated carbocycles. The van der Waals surface area contributed by atoms with Crippen molar-refractivity contribution in [1.29, 1.82) is 0 Å². The van der Waals surface area contributed by atoms with Crippen molar-refractivity contribution in [2.45, 2.75) is 38.8 Å². The fourth-order valence-electron chi connectivity index (χ4n) is 3.56. The van der Waals surface area contributed by atoms with Gasteiger partial charge in [0.15, 0.2) is 5.82 Å². The highest BCUT2D eigenvalue weighted by Gasteiger charge is 2.21. The number of urea groups is 1. The molecule has 0 aliphatic heterocycles. The lowest BCUT2D eigenvalue weighted by Gasteiger charge is -2.26. The number of carbonyl (C=O) groups excluding carboxylic acids is 1. The van der Waals surface area contributed by atoms with Crippen LogP contribution in [0.15, 0.2) is 24.4 Å². The fourth-order valence-corrected chi connectivity index (χ4v) is 3.56. The maximum Gasteiger partial charge on any atom is 0.319 e. The normalized spacial score (nSPS) is 14.2. The molecule has 4 N–H and O–H groups in total. The van der Waals surface area contributed by atoms with Crippen LogP contribution in [0.4, 0.5) is 10.5 Å². The van der Waals surface area contributed by atoms with E-state index in [9.17, 15) is 4.79 Å². The quantitative estimate of drug-likeness (QED) is 0.432. The number of hydrogen-bond donors (Lipinski definition) is 4. The van der Waals surface area contributed by atoms with Gasteiger partial charge in [0.05, 0.1) is 29.5 Å². The first-order valence-electron chi connectivity index (χ1n) is 10.5. The molecule has 1 fully saturated rings. The third kappa shape index (κ3) is 4.63. The molecule has 1 aromatic carbocycles. The van der Waals surface area contributed by atoms with Gasteiger partial charge < -0.3 is 20.4 Å². The molecule has 30 heavy (non-hydrogen) atoms. The number of carbonyl (C=O) groups is 1. The number of ether oxygens (including phenoxy) is 1. The van der Waals surface area contributed by atoms with Gasteiger partial charge in [-0.15, -0.1) is 0 Å². The summed E-state index contributed by atoms with van der Waals surface area (Å²) in [5.74, 6) is 0.644. The number of aromatic amines is 2. The monoisotopic (exact) mass is 411 g/mol. The largest absolute Gasteiger partial charge is 0.383 e. The van der Waals surface area contributed by atoms with Crippen LogP contribution in [0.3, 0.4) is 0 Å². The number of benzene rings is 1. The maximum atomic E-state index is 12.2. The zero-order valence-electron chi connectivity index (χ0n) is 17.5. The first-order chi connectivity index (χ1) is 14.7. The van der Waals surface area contributed by atoms with E-state index in [1.807, 2.05) is 6.07 Å². The van der Waals surface area contributed by atoms with Crippen LogP contribution in [0.1, 0.15) is 31.7 Å². The van der Waals surface area contributed by atoms with E-state index >= 15 is 0 Å². The Hall–Kier alpha value is -2.91. The molecule has 1 aliphatic rings. The van der Waals surface area contributed by atoms with Crippen LogP contribution in [0, 0.1) is 0 Å². The molecule has 0 unspecified atom stereocenters. The Kier molecular flexibility index (Phi) is 6.29. The fraction of sp³-hybridized carbons (Fsp3) is 0.476. The molecule has 0 atom stereocenters. The molecule has 160 valence electrons. The Labute approximate surface area is 175 Å². The number of imidazole rings is 1. The highest BCUT2D eigenvalue weighted by molar-refractivity contribution is 5.93. The molecule has 2 heterocycles. The predicted molar refractivity (Wildman–Crippen MR) is 116 cm³/mol. The van der Waals surface area contributed by atoms with E-state index in [0.29, 0.717) is 23.8 Å². The van der Waals surface area contributed by atoms with Crippen LogP contribution >= 0.6 is 0 Å². The lowest BCUT2D eigenvalue weighted by molar-refractivity contribution is 0.147. The van der Waals surface area contributed by atoms with E-state index in [-0.39, 0.29) is 12.1 Å². The summed E-state index contributed by atoms with van der Waals surface area (Å²) in [6.07, 6.45) is 4.85.